The molecular weight excluding hydrogens is 320 g/mol. The van der Waals surface area contributed by atoms with Crippen molar-refractivity contribution in [3.05, 3.63) is 52.6 Å². The van der Waals surface area contributed by atoms with Crippen LogP contribution in [0.2, 0.25) is 0 Å². The molecule has 1 aromatic rings. The summed E-state index contributed by atoms with van der Waals surface area (Å²) < 4.78 is 23.2. The summed E-state index contributed by atoms with van der Waals surface area (Å²) in [4.78, 5) is 24.5. The van der Waals surface area contributed by atoms with E-state index in [1.807, 2.05) is 0 Å². The fourth-order valence-electron chi connectivity index (χ4n) is 2.72. The number of rotatable bonds is 6. The van der Waals surface area contributed by atoms with E-state index in [1.165, 1.54) is 29.2 Å². The molecule has 1 aliphatic heterocycles. The summed E-state index contributed by atoms with van der Waals surface area (Å²) in [5, 5.41) is 11.0. The third-order valence-corrected chi connectivity index (χ3v) is 5.58. The molecule has 124 valence electrons. The number of hydrogen-bond donors (Lipinski definition) is 0. The number of amides is 1. The van der Waals surface area contributed by atoms with Gasteiger partial charge in [-0.1, -0.05) is 24.3 Å². The predicted octanol–water partition coefficient (Wildman–Crippen LogP) is 1.34. The van der Waals surface area contributed by atoms with Crippen LogP contribution < -0.4 is 0 Å². The second-order valence-electron chi connectivity index (χ2n) is 5.45. The molecule has 1 heterocycles. The summed E-state index contributed by atoms with van der Waals surface area (Å²) >= 11 is 0. The van der Waals surface area contributed by atoms with Gasteiger partial charge in [0, 0.05) is 24.2 Å². The van der Waals surface area contributed by atoms with Crippen molar-refractivity contribution in [3.8, 4) is 0 Å². The van der Waals surface area contributed by atoms with Crippen molar-refractivity contribution >= 4 is 21.4 Å². The first-order valence-electron chi connectivity index (χ1n) is 7.17. The molecule has 1 fully saturated rings. The van der Waals surface area contributed by atoms with Crippen LogP contribution in [0.15, 0.2) is 36.9 Å². The van der Waals surface area contributed by atoms with Crippen molar-refractivity contribution in [1.82, 2.24) is 4.90 Å². The highest BCUT2D eigenvalue weighted by molar-refractivity contribution is 7.91. The normalized spacial score (nSPS) is 19.2. The van der Waals surface area contributed by atoms with Gasteiger partial charge in [0.15, 0.2) is 9.84 Å². The molecule has 1 aliphatic rings. The van der Waals surface area contributed by atoms with Gasteiger partial charge in [0.25, 0.3) is 5.69 Å². The molecule has 0 aromatic heterocycles. The van der Waals surface area contributed by atoms with E-state index in [-0.39, 0.29) is 36.1 Å². The van der Waals surface area contributed by atoms with Crippen LogP contribution in [-0.4, -0.2) is 48.2 Å². The fraction of sp³-hybridized carbons (Fsp3) is 0.400. The number of sulfone groups is 1. The van der Waals surface area contributed by atoms with Crippen molar-refractivity contribution in [3.63, 3.8) is 0 Å². The number of para-hydroxylation sites is 1. The van der Waals surface area contributed by atoms with Gasteiger partial charge in [-0.05, 0) is 6.42 Å². The fourth-order valence-corrected chi connectivity index (χ4v) is 4.45. The Labute approximate surface area is 134 Å². The predicted molar refractivity (Wildman–Crippen MR) is 85.8 cm³/mol. The molecule has 1 aromatic carbocycles. The lowest BCUT2D eigenvalue weighted by atomic mass is 10.1. The van der Waals surface area contributed by atoms with Gasteiger partial charge < -0.3 is 4.90 Å². The monoisotopic (exact) mass is 338 g/mol. The maximum atomic E-state index is 12.5. The Morgan fingerprint density at radius 2 is 2.13 bits per heavy atom. The molecule has 0 N–H and O–H groups in total. The molecule has 2 rings (SSSR count). The lowest BCUT2D eigenvalue weighted by Crippen LogP contribution is -2.42. The molecule has 0 unspecified atom stereocenters. The van der Waals surface area contributed by atoms with Crippen LogP contribution in [0.3, 0.4) is 0 Å². The molecule has 0 bridgehead atoms. The second-order valence-corrected chi connectivity index (χ2v) is 7.68. The number of carbonyl (C=O) groups excluding carboxylic acids is 1. The molecule has 8 heteroatoms. The third-order valence-electron chi connectivity index (χ3n) is 3.83. The molecular formula is C15H18N2O5S. The van der Waals surface area contributed by atoms with Crippen LogP contribution in [0.1, 0.15) is 12.0 Å². The maximum Gasteiger partial charge on any atom is 0.273 e. The van der Waals surface area contributed by atoms with E-state index in [9.17, 15) is 23.3 Å². The third kappa shape index (κ3) is 4.16. The number of hydrogen-bond acceptors (Lipinski definition) is 5. The summed E-state index contributed by atoms with van der Waals surface area (Å²) in [6.45, 7) is 3.81. The first kappa shape index (κ1) is 17.1. The van der Waals surface area contributed by atoms with Crippen molar-refractivity contribution in [2.24, 2.45) is 0 Å². The molecule has 23 heavy (non-hydrogen) atoms. The van der Waals surface area contributed by atoms with E-state index < -0.39 is 20.8 Å². The van der Waals surface area contributed by atoms with E-state index in [0.717, 1.165) is 0 Å². The summed E-state index contributed by atoms with van der Waals surface area (Å²) in [7, 11) is -3.12. The lowest BCUT2D eigenvalue weighted by Gasteiger charge is -2.27. The van der Waals surface area contributed by atoms with Crippen molar-refractivity contribution in [1.29, 1.82) is 0 Å². The molecule has 1 atom stereocenters. The standard InChI is InChI=1S/C15H18N2O5S/c1-2-8-16(13-7-9-23(21,22)11-13)15(18)10-12-5-3-4-6-14(12)17(19)20/h2-6,13H,1,7-11H2/t13-/m1/s1. The van der Waals surface area contributed by atoms with Gasteiger partial charge in [0.05, 0.1) is 22.8 Å². The van der Waals surface area contributed by atoms with E-state index in [1.54, 1.807) is 6.07 Å². The first-order chi connectivity index (χ1) is 10.8. The quantitative estimate of drug-likeness (QED) is 0.443. The molecule has 0 saturated carbocycles. The Kier molecular flexibility index (Phi) is 5.15. The van der Waals surface area contributed by atoms with Gasteiger partial charge in [0.2, 0.25) is 5.91 Å². The van der Waals surface area contributed by atoms with E-state index >= 15 is 0 Å². The molecule has 0 aliphatic carbocycles. The maximum absolute atomic E-state index is 12.5. The SMILES string of the molecule is C=CCN(C(=O)Cc1ccccc1[N+](=O)[O-])[C@@H]1CCS(=O)(=O)C1. The molecule has 7 nitrogen and oxygen atoms in total. The Bertz CT molecular complexity index is 729. The Morgan fingerprint density at radius 1 is 1.43 bits per heavy atom. The van der Waals surface area contributed by atoms with Crippen LogP contribution in [0.5, 0.6) is 0 Å². The summed E-state index contributed by atoms with van der Waals surface area (Å²) in [6.07, 6.45) is 1.78. The van der Waals surface area contributed by atoms with Crippen LogP contribution in [0.4, 0.5) is 5.69 Å². The highest BCUT2D eigenvalue weighted by Crippen LogP contribution is 2.22. The summed E-state index contributed by atoms with van der Waals surface area (Å²) in [5.74, 6) is -0.339. The molecule has 0 spiro atoms. The molecule has 0 radical (unpaired) electrons. The van der Waals surface area contributed by atoms with Crippen LogP contribution in [0, 0.1) is 10.1 Å². The smallest absolute Gasteiger partial charge is 0.273 e. The number of benzene rings is 1. The zero-order valence-electron chi connectivity index (χ0n) is 12.6. The zero-order chi connectivity index (χ0) is 17.0. The number of nitrogens with zero attached hydrogens (tertiary/aromatic N) is 2. The Balaban J connectivity index is 2.19. The second kappa shape index (κ2) is 6.91. The Morgan fingerprint density at radius 3 is 2.70 bits per heavy atom. The molecule has 1 saturated heterocycles. The number of nitro benzene ring substituents is 1. The van der Waals surface area contributed by atoms with Gasteiger partial charge in [-0.15, -0.1) is 6.58 Å². The minimum atomic E-state index is -3.12. The first-order valence-corrected chi connectivity index (χ1v) is 8.99. The summed E-state index contributed by atoms with van der Waals surface area (Å²) in [5.41, 5.74) is 0.205. The highest BCUT2D eigenvalue weighted by atomic mass is 32.2. The zero-order valence-corrected chi connectivity index (χ0v) is 13.4. The molecule has 1 amide bonds. The van der Waals surface area contributed by atoms with Crippen molar-refractivity contribution in [2.75, 3.05) is 18.1 Å². The number of carbonyl (C=O) groups is 1. The summed E-state index contributed by atoms with van der Waals surface area (Å²) in [6, 6.07) is 5.66. The largest absolute Gasteiger partial charge is 0.335 e. The minimum Gasteiger partial charge on any atom is -0.335 e. The van der Waals surface area contributed by atoms with Gasteiger partial charge >= 0.3 is 0 Å². The van der Waals surface area contributed by atoms with Crippen LogP contribution in [0.25, 0.3) is 0 Å². The average Bonchev–Trinajstić information content (AvgIpc) is 2.84. The van der Waals surface area contributed by atoms with Crippen molar-refractivity contribution < 1.29 is 18.1 Å². The number of nitro groups is 1. The van der Waals surface area contributed by atoms with Gasteiger partial charge in [-0.3, -0.25) is 14.9 Å². The van der Waals surface area contributed by atoms with Crippen molar-refractivity contribution in [2.45, 2.75) is 18.9 Å². The van der Waals surface area contributed by atoms with Gasteiger partial charge in [-0.2, -0.15) is 0 Å². The average molecular weight is 338 g/mol. The van der Waals surface area contributed by atoms with Crippen LogP contribution >= 0.6 is 0 Å². The van der Waals surface area contributed by atoms with Gasteiger partial charge in [0.1, 0.15) is 0 Å². The van der Waals surface area contributed by atoms with Gasteiger partial charge in [-0.25, -0.2) is 8.42 Å². The lowest BCUT2D eigenvalue weighted by molar-refractivity contribution is -0.385. The highest BCUT2D eigenvalue weighted by Gasteiger charge is 2.34. The van der Waals surface area contributed by atoms with E-state index in [2.05, 4.69) is 6.58 Å². The van der Waals surface area contributed by atoms with Crippen LogP contribution in [-0.2, 0) is 21.1 Å². The topological polar surface area (TPSA) is 97.6 Å². The van der Waals surface area contributed by atoms with E-state index in [0.29, 0.717) is 12.0 Å². The Hall–Kier alpha value is -2.22. The minimum absolute atomic E-state index is 0.0596. The van der Waals surface area contributed by atoms with E-state index in [4.69, 9.17) is 0 Å².